The number of hydrogen-bond acceptors (Lipinski definition) is 6. The van der Waals surface area contributed by atoms with Gasteiger partial charge in [-0.05, 0) is 49.2 Å². The van der Waals surface area contributed by atoms with Gasteiger partial charge in [0.25, 0.3) is 10.0 Å². The highest BCUT2D eigenvalue weighted by molar-refractivity contribution is 7.92. The Hall–Kier alpha value is -2.72. The molecule has 1 aliphatic rings. The standard InChI is InChI=1S/C18H20ClN5O4S/c1-12(25)24-10-8-13(9-11-24)18(26)20-14-2-4-15(5-3-14)29(27,28)23-17-7-6-16(19)21-22-17/h2-7,13H,8-11H2,1H3,(H,20,26)(H,22,23). The second-order valence-electron chi connectivity index (χ2n) is 6.64. The average Bonchev–Trinajstić information content (AvgIpc) is 2.70. The molecule has 0 radical (unpaired) electrons. The highest BCUT2D eigenvalue weighted by Crippen LogP contribution is 2.21. The van der Waals surface area contributed by atoms with Crippen molar-refractivity contribution in [3.8, 4) is 0 Å². The third kappa shape index (κ3) is 5.42. The van der Waals surface area contributed by atoms with Gasteiger partial charge in [-0.25, -0.2) is 8.42 Å². The van der Waals surface area contributed by atoms with Crippen molar-refractivity contribution in [1.29, 1.82) is 0 Å². The van der Waals surface area contributed by atoms with Crippen LogP contribution < -0.4 is 10.0 Å². The molecule has 29 heavy (non-hydrogen) atoms. The molecule has 1 fully saturated rings. The molecule has 154 valence electrons. The zero-order valence-electron chi connectivity index (χ0n) is 15.6. The molecule has 0 aliphatic carbocycles. The fourth-order valence-electron chi connectivity index (χ4n) is 2.99. The Kier molecular flexibility index (Phi) is 6.33. The largest absolute Gasteiger partial charge is 0.343 e. The van der Waals surface area contributed by atoms with Crippen molar-refractivity contribution >= 4 is 44.9 Å². The molecule has 2 heterocycles. The average molecular weight is 438 g/mol. The molecular weight excluding hydrogens is 418 g/mol. The summed E-state index contributed by atoms with van der Waals surface area (Å²) in [5.41, 5.74) is 0.495. The van der Waals surface area contributed by atoms with Crippen LogP contribution in [0.2, 0.25) is 5.15 Å². The second kappa shape index (κ2) is 8.75. The Bertz CT molecular complexity index is 988. The molecule has 0 unspecified atom stereocenters. The molecule has 0 atom stereocenters. The molecule has 3 rings (SSSR count). The molecule has 1 aliphatic heterocycles. The summed E-state index contributed by atoms with van der Waals surface area (Å²) in [5, 5.41) is 10.2. The minimum atomic E-state index is -3.85. The summed E-state index contributed by atoms with van der Waals surface area (Å²) < 4.78 is 27.2. The van der Waals surface area contributed by atoms with E-state index in [1.165, 1.54) is 43.3 Å². The van der Waals surface area contributed by atoms with E-state index in [0.29, 0.717) is 31.6 Å². The van der Waals surface area contributed by atoms with Crippen LogP contribution in [0.5, 0.6) is 0 Å². The third-order valence-electron chi connectivity index (χ3n) is 4.61. The molecular formula is C18H20ClN5O4S. The van der Waals surface area contributed by atoms with Gasteiger partial charge >= 0.3 is 0 Å². The minimum absolute atomic E-state index is 0.0128. The van der Waals surface area contributed by atoms with Gasteiger partial charge in [0.1, 0.15) is 0 Å². The van der Waals surface area contributed by atoms with E-state index < -0.39 is 10.0 Å². The van der Waals surface area contributed by atoms with E-state index in [1.807, 2.05) is 0 Å². The van der Waals surface area contributed by atoms with Gasteiger partial charge in [0, 0.05) is 31.6 Å². The van der Waals surface area contributed by atoms with Gasteiger partial charge in [0.05, 0.1) is 4.90 Å². The number of halogens is 1. The summed E-state index contributed by atoms with van der Waals surface area (Å²) in [6.07, 6.45) is 1.20. The number of rotatable bonds is 5. The first-order chi connectivity index (χ1) is 13.7. The number of carbonyl (C=O) groups is 2. The first kappa shape index (κ1) is 21.0. The van der Waals surface area contributed by atoms with Gasteiger partial charge in [-0.1, -0.05) is 11.6 Å². The highest BCUT2D eigenvalue weighted by atomic mass is 35.5. The van der Waals surface area contributed by atoms with Gasteiger partial charge in [-0.15, -0.1) is 10.2 Å². The van der Waals surface area contributed by atoms with Gasteiger partial charge in [-0.2, -0.15) is 0 Å². The predicted molar refractivity (Wildman–Crippen MR) is 108 cm³/mol. The zero-order valence-corrected chi connectivity index (χ0v) is 17.2. The van der Waals surface area contributed by atoms with Crippen molar-refractivity contribution in [2.75, 3.05) is 23.1 Å². The monoisotopic (exact) mass is 437 g/mol. The Balaban J connectivity index is 1.60. The molecule has 1 aromatic carbocycles. The van der Waals surface area contributed by atoms with Crippen LogP contribution in [0.1, 0.15) is 19.8 Å². The van der Waals surface area contributed by atoms with Crippen LogP contribution in [-0.4, -0.2) is 48.4 Å². The van der Waals surface area contributed by atoms with Crippen LogP contribution in [0.4, 0.5) is 11.5 Å². The van der Waals surface area contributed by atoms with Crippen molar-refractivity contribution in [2.24, 2.45) is 5.92 Å². The lowest BCUT2D eigenvalue weighted by Gasteiger charge is -2.30. The lowest BCUT2D eigenvalue weighted by Crippen LogP contribution is -2.40. The molecule has 2 aromatic rings. The zero-order chi connectivity index (χ0) is 21.0. The van der Waals surface area contributed by atoms with E-state index in [4.69, 9.17) is 11.6 Å². The lowest BCUT2D eigenvalue weighted by atomic mass is 9.96. The molecule has 11 heteroatoms. The fourth-order valence-corrected chi connectivity index (χ4v) is 4.08. The maximum absolute atomic E-state index is 12.4. The number of nitrogens with zero attached hydrogens (tertiary/aromatic N) is 3. The molecule has 1 saturated heterocycles. The molecule has 2 amide bonds. The summed E-state index contributed by atoms with van der Waals surface area (Å²) in [7, 11) is -3.85. The number of aromatic nitrogens is 2. The summed E-state index contributed by atoms with van der Waals surface area (Å²) >= 11 is 5.63. The Labute approximate surface area is 173 Å². The first-order valence-electron chi connectivity index (χ1n) is 8.93. The van der Waals surface area contributed by atoms with Gasteiger partial charge in [-0.3, -0.25) is 14.3 Å². The van der Waals surface area contributed by atoms with Crippen LogP contribution in [0.15, 0.2) is 41.3 Å². The maximum Gasteiger partial charge on any atom is 0.263 e. The number of hydrogen-bond donors (Lipinski definition) is 2. The summed E-state index contributed by atoms with van der Waals surface area (Å²) in [6, 6.07) is 8.64. The molecule has 0 bridgehead atoms. The van der Waals surface area contributed by atoms with E-state index in [-0.39, 0.29) is 33.6 Å². The maximum atomic E-state index is 12.4. The summed E-state index contributed by atoms with van der Waals surface area (Å²) in [4.78, 5) is 25.5. The molecule has 1 aromatic heterocycles. The first-order valence-corrected chi connectivity index (χ1v) is 10.8. The summed E-state index contributed by atoms with van der Waals surface area (Å²) in [6.45, 7) is 2.64. The Morgan fingerprint density at radius 3 is 2.28 bits per heavy atom. The number of benzene rings is 1. The van der Waals surface area contributed by atoms with E-state index >= 15 is 0 Å². The van der Waals surface area contributed by atoms with E-state index in [0.717, 1.165) is 0 Å². The number of amides is 2. The van der Waals surface area contributed by atoms with Crippen LogP contribution in [0.25, 0.3) is 0 Å². The Morgan fingerprint density at radius 2 is 1.72 bits per heavy atom. The van der Waals surface area contributed by atoms with E-state index in [9.17, 15) is 18.0 Å². The van der Waals surface area contributed by atoms with Crippen molar-refractivity contribution in [3.63, 3.8) is 0 Å². The number of likely N-dealkylation sites (tertiary alicyclic amines) is 1. The smallest absolute Gasteiger partial charge is 0.263 e. The summed E-state index contributed by atoms with van der Waals surface area (Å²) in [5.74, 6) is -0.264. The quantitative estimate of drug-likeness (QED) is 0.738. The van der Waals surface area contributed by atoms with Crippen molar-refractivity contribution in [3.05, 3.63) is 41.6 Å². The number of carbonyl (C=O) groups excluding carboxylic acids is 2. The van der Waals surface area contributed by atoms with E-state index in [2.05, 4.69) is 20.2 Å². The van der Waals surface area contributed by atoms with Crippen molar-refractivity contribution < 1.29 is 18.0 Å². The number of nitrogens with one attached hydrogen (secondary N) is 2. The Morgan fingerprint density at radius 1 is 1.07 bits per heavy atom. The molecule has 2 N–H and O–H groups in total. The van der Waals surface area contributed by atoms with Crippen molar-refractivity contribution in [2.45, 2.75) is 24.7 Å². The minimum Gasteiger partial charge on any atom is -0.343 e. The SMILES string of the molecule is CC(=O)N1CCC(C(=O)Nc2ccc(S(=O)(=O)Nc3ccc(Cl)nn3)cc2)CC1. The van der Waals surface area contributed by atoms with Crippen LogP contribution in [-0.2, 0) is 19.6 Å². The van der Waals surface area contributed by atoms with Gasteiger partial charge < -0.3 is 10.2 Å². The lowest BCUT2D eigenvalue weighted by molar-refractivity contribution is -0.132. The molecule has 9 nitrogen and oxygen atoms in total. The second-order valence-corrected chi connectivity index (χ2v) is 8.71. The van der Waals surface area contributed by atoms with Crippen LogP contribution in [0.3, 0.4) is 0 Å². The molecule has 0 saturated carbocycles. The molecule has 0 spiro atoms. The van der Waals surface area contributed by atoms with Gasteiger partial charge in [0.2, 0.25) is 11.8 Å². The predicted octanol–water partition coefficient (Wildman–Crippen LogP) is 2.13. The number of sulfonamides is 1. The third-order valence-corrected chi connectivity index (χ3v) is 6.19. The fraction of sp³-hybridized carbons (Fsp3) is 0.333. The van der Waals surface area contributed by atoms with Crippen LogP contribution >= 0.6 is 11.6 Å². The van der Waals surface area contributed by atoms with Gasteiger partial charge in [0.15, 0.2) is 11.0 Å². The normalized spacial score (nSPS) is 15.0. The highest BCUT2D eigenvalue weighted by Gasteiger charge is 2.26. The van der Waals surface area contributed by atoms with E-state index in [1.54, 1.807) is 4.90 Å². The number of anilines is 2. The topological polar surface area (TPSA) is 121 Å². The van der Waals surface area contributed by atoms with Crippen LogP contribution in [0, 0.1) is 5.92 Å². The van der Waals surface area contributed by atoms with Crippen molar-refractivity contribution in [1.82, 2.24) is 15.1 Å². The number of piperidine rings is 1.